The number of hydrogen-bond donors (Lipinski definition) is 1. The van der Waals surface area contributed by atoms with Gasteiger partial charge in [-0.25, -0.2) is 0 Å². The summed E-state index contributed by atoms with van der Waals surface area (Å²) in [5.41, 5.74) is 0.760. The Morgan fingerprint density at radius 1 is 1.41 bits per heavy atom. The minimum atomic E-state index is -0.0367. The molecule has 1 saturated heterocycles. The summed E-state index contributed by atoms with van der Waals surface area (Å²) < 4.78 is 10.2. The molecule has 2 heterocycles. The third-order valence-corrected chi connectivity index (χ3v) is 3.59. The largest absolute Gasteiger partial charge is 0.497 e. The van der Waals surface area contributed by atoms with Crippen molar-refractivity contribution in [1.29, 1.82) is 0 Å². The zero-order valence-electron chi connectivity index (χ0n) is 12.6. The molecule has 1 N–H and O–H groups in total. The van der Waals surface area contributed by atoms with Gasteiger partial charge in [0.05, 0.1) is 19.6 Å². The first kappa shape index (κ1) is 14.5. The van der Waals surface area contributed by atoms with E-state index < -0.39 is 0 Å². The summed E-state index contributed by atoms with van der Waals surface area (Å²) in [6.07, 6.45) is 0. The normalized spacial score (nSPS) is 15.4. The van der Waals surface area contributed by atoms with Crippen molar-refractivity contribution < 1.29 is 14.1 Å². The van der Waals surface area contributed by atoms with Gasteiger partial charge in [-0.1, -0.05) is 5.16 Å². The summed E-state index contributed by atoms with van der Waals surface area (Å²) in [5.74, 6) is 2.26. The minimum absolute atomic E-state index is 0.0367. The van der Waals surface area contributed by atoms with Crippen LogP contribution in [0.1, 0.15) is 17.6 Å². The average molecular weight is 302 g/mol. The zero-order valence-corrected chi connectivity index (χ0v) is 12.6. The maximum absolute atomic E-state index is 12.0. The second-order valence-electron chi connectivity index (χ2n) is 5.35. The Morgan fingerprint density at radius 2 is 2.14 bits per heavy atom. The fourth-order valence-corrected chi connectivity index (χ4v) is 2.41. The molecule has 0 aliphatic carbocycles. The molecule has 1 aromatic carbocycles. The van der Waals surface area contributed by atoms with E-state index in [2.05, 4.69) is 15.5 Å². The van der Waals surface area contributed by atoms with Crippen LogP contribution in [0.5, 0.6) is 5.75 Å². The van der Waals surface area contributed by atoms with Gasteiger partial charge in [0.15, 0.2) is 5.82 Å². The number of aryl methyl sites for hydroxylation is 1. The van der Waals surface area contributed by atoms with Crippen molar-refractivity contribution in [3.8, 4) is 5.75 Å². The Morgan fingerprint density at radius 3 is 2.73 bits per heavy atom. The lowest BCUT2D eigenvalue weighted by Gasteiger charge is -2.36. The summed E-state index contributed by atoms with van der Waals surface area (Å²) in [6.45, 7) is 3.68. The number of amides is 1. The predicted octanol–water partition coefficient (Wildman–Crippen LogP) is 1.42. The van der Waals surface area contributed by atoms with Crippen LogP contribution in [0.3, 0.4) is 0 Å². The highest BCUT2D eigenvalue weighted by molar-refractivity contribution is 5.92. The van der Waals surface area contributed by atoms with Crippen LogP contribution >= 0.6 is 0 Å². The van der Waals surface area contributed by atoms with Crippen molar-refractivity contribution in [2.75, 3.05) is 32.1 Å². The molecule has 0 radical (unpaired) electrons. The van der Waals surface area contributed by atoms with Crippen molar-refractivity contribution >= 4 is 11.6 Å². The molecular formula is C15H18N4O3. The van der Waals surface area contributed by atoms with E-state index in [9.17, 15) is 4.79 Å². The Kier molecular flexibility index (Phi) is 4.06. The van der Waals surface area contributed by atoms with Gasteiger partial charge < -0.3 is 14.6 Å². The molecule has 116 valence electrons. The van der Waals surface area contributed by atoms with E-state index in [1.54, 1.807) is 14.0 Å². The molecule has 0 bridgehead atoms. The number of carbonyl (C=O) groups excluding carboxylic acids is 1. The summed E-state index contributed by atoms with van der Waals surface area (Å²) >= 11 is 0. The number of benzene rings is 1. The van der Waals surface area contributed by atoms with Gasteiger partial charge in [0.25, 0.3) is 0 Å². The van der Waals surface area contributed by atoms with E-state index in [0.717, 1.165) is 24.5 Å². The SMILES string of the molecule is COc1ccc(NC(=O)CN2CC(c3nc(C)no3)C2)cc1. The first-order valence-corrected chi connectivity index (χ1v) is 7.10. The molecule has 0 saturated carbocycles. The molecular weight excluding hydrogens is 284 g/mol. The van der Waals surface area contributed by atoms with E-state index in [1.807, 2.05) is 29.2 Å². The molecule has 1 aliphatic heterocycles. The second-order valence-corrected chi connectivity index (χ2v) is 5.35. The van der Waals surface area contributed by atoms with Crippen molar-refractivity contribution in [1.82, 2.24) is 15.0 Å². The smallest absolute Gasteiger partial charge is 0.238 e. The van der Waals surface area contributed by atoms with Crippen LogP contribution in [0.25, 0.3) is 0 Å². The van der Waals surface area contributed by atoms with E-state index in [1.165, 1.54) is 0 Å². The molecule has 1 fully saturated rings. The highest BCUT2D eigenvalue weighted by Gasteiger charge is 2.33. The number of ether oxygens (including phenoxy) is 1. The maximum Gasteiger partial charge on any atom is 0.238 e. The van der Waals surface area contributed by atoms with Gasteiger partial charge in [-0.2, -0.15) is 4.98 Å². The lowest BCUT2D eigenvalue weighted by molar-refractivity contribution is -0.118. The first-order valence-electron chi connectivity index (χ1n) is 7.10. The minimum Gasteiger partial charge on any atom is -0.497 e. The monoisotopic (exact) mass is 302 g/mol. The van der Waals surface area contributed by atoms with Gasteiger partial charge >= 0.3 is 0 Å². The summed E-state index contributed by atoms with van der Waals surface area (Å²) in [4.78, 5) is 18.2. The number of carbonyl (C=O) groups is 1. The number of rotatable bonds is 5. The number of hydrogen-bond acceptors (Lipinski definition) is 6. The van der Waals surface area contributed by atoms with Crippen molar-refractivity contribution in [3.05, 3.63) is 36.0 Å². The first-order chi connectivity index (χ1) is 10.6. The number of anilines is 1. The van der Waals surface area contributed by atoms with Gasteiger partial charge in [-0.3, -0.25) is 9.69 Å². The van der Waals surface area contributed by atoms with Gasteiger partial charge in [-0.15, -0.1) is 0 Å². The third kappa shape index (κ3) is 3.25. The maximum atomic E-state index is 12.0. The lowest BCUT2D eigenvalue weighted by atomic mass is 10.0. The highest BCUT2D eigenvalue weighted by Crippen LogP contribution is 2.25. The standard InChI is InChI=1S/C15H18N4O3/c1-10-16-15(22-18-10)11-7-19(8-11)9-14(20)17-12-3-5-13(21-2)6-4-12/h3-6,11H,7-9H2,1-2H3,(H,17,20). The highest BCUT2D eigenvalue weighted by atomic mass is 16.5. The van der Waals surface area contributed by atoms with Crippen LogP contribution in [0.2, 0.25) is 0 Å². The van der Waals surface area contributed by atoms with Crippen molar-refractivity contribution in [2.24, 2.45) is 0 Å². The van der Waals surface area contributed by atoms with Crippen LogP contribution in [0, 0.1) is 6.92 Å². The molecule has 3 rings (SSSR count). The lowest BCUT2D eigenvalue weighted by Crippen LogP contribution is -2.48. The Hall–Kier alpha value is -2.41. The summed E-state index contributed by atoms with van der Waals surface area (Å²) in [6, 6.07) is 7.26. The number of nitrogens with zero attached hydrogens (tertiary/aromatic N) is 3. The molecule has 2 aromatic rings. The molecule has 0 spiro atoms. The molecule has 1 aromatic heterocycles. The number of methoxy groups -OCH3 is 1. The van der Waals surface area contributed by atoms with Crippen molar-refractivity contribution in [3.63, 3.8) is 0 Å². The second kappa shape index (κ2) is 6.15. The number of nitrogens with one attached hydrogen (secondary N) is 1. The topological polar surface area (TPSA) is 80.5 Å². The van der Waals surface area contributed by atoms with Crippen LogP contribution < -0.4 is 10.1 Å². The summed E-state index contributed by atoms with van der Waals surface area (Å²) in [5, 5.41) is 6.64. The Balaban J connectivity index is 1.45. The van der Waals surface area contributed by atoms with E-state index >= 15 is 0 Å². The Labute approximate surface area is 128 Å². The molecule has 0 atom stereocenters. The quantitative estimate of drug-likeness (QED) is 0.900. The molecule has 1 amide bonds. The molecule has 22 heavy (non-hydrogen) atoms. The number of likely N-dealkylation sites (tertiary alicyclic amines) is 1. The Bertz CT molecular complexity index is 647. The zero-order chi connectivity index (χ0) is 15.5. The van der Waals surface area contributed by atoms with Gasteiger partial charge in [-0.05, 0) is 31.2 Å². The third-order valence-electron chi connectivity index (χ3n) is 3.59. The molecule has 1 aliphatic rings. The predicted molar refractivity (Wildman–Crippen MR) is 79.8 cm³/mol. The molecule has 0 unspecified atom stereocenters. The molecule has 7 nitrogen and oxygen atoms in total. The van der Waals surface area contributed by atoms with E-state index in [-0.39, 0.29) is 11.8 Å². The fourth-order valence-electron chi connectivity index (χ4n) is 2.41. The van der Waals surface area contributed by atoms with Gasteiger partial charge in [0, 0.05) is 18.8 Å². The van der Waals surface area contributed by atoms with Crippen LogP contribution in [0.15, 0.2) is 28.8 Å². The van der Waals surface area contributed by atoms with Crippen LogP contribution in [-0.2, 0) is 4.79 Å². The van der Waals surface area contributed by atoms with E-state index in [0.29, 0.717) is 18.3 Å². The van der Waals surface area contributed by atoms with Crippen LogP contribution in [0.4, 0.5) is 5.69 Å². The van der Waals surface area contributed by atoms with Gasteiger partial charge in [0.2, 0.25) is 11.8 Å². The van der Waals surface area contributed by atoms with E-state index in [4.69, 9.17) is 9.26 Å². The number of aromatic nitrogens is 2. The average Bonchev–Trinajstić information content (AvgIpc) is 2.89. The van der Waals surface area contributed by atoms with Crippen LogP contribution in [-0.4, -0.2) is 47.7 Å². The summed E-state index contributed by atoms with van der Waals surface area (Å²) in [7, 11) is 1.61. The van der Waals surface area contributed by atoms with Crippen molar-refractivity contribution in [2.45, 2.75) is 12.8 Å². The fraction of sp³-hybridized carbons (Fsp3) is 0.400. The van der Waals surface area contributed by atoms with Gasteiger partial charge in [0.1, 0.15) is 5.75 Å². The molecule has 7 heteroatoms.